The molecular weight excluding hydrogens is 444 g/mol. The Bertz CT molecular complexity index is 912. The second kappa shape index (κ2) is 11.8. The molecule has 1 aromatic heterocycles. The zero-order valence-corrected chi connectivity index (χ0v) is 19.8. The first-order chi connectivity index (χ1) is 15.5. The fourth-order valence-electron chi connectivity index (χ4n) is 3.93. The summed E-state index contributed by atoms with van der Waals surface area (Å²) in [5.41, 5.74) is 15.0. The Hall–Kier alpha value is -1.91. The lowest BCUT2D eigenvalue weighted by molar-refractivity contribution is -0.129. The van der Waals surface area contributed by atoms with Gasteiger partial charge in [-0.3, -0.25) is 14.8 Å². The van der Waals surface area contributed by atoms with Crippen molar-refractivity contribution in [1.29, 1.82) is 0 Å². The van der Waals surface area contributed by atoms with Gasteiger partial charge in [-0.15, -0.1) is 23.1 Å². The Morgan fingerprint density at radius 3 is 2.75 bits per heavy atom. The number of unbranched alkanes of at least 4 members (excludes halogenated alkanes) is 1. The van der Waals surface area contributed by atoms with Crippen molar-refractivity contribution in [2.24, 2.45) is 11.5 Å². The van der Waals surface area contributed by atoms with E-state index in [4.69, 9.17) is 16.7 Å². The van der Waals surface area contributed by atoms with Crippen molar-refractivity contribution in [3.05, 3.63) is 41.3 Å². The van der Waals surface area contributed by atoms with Gasteiger partial charge in [-0.2, -0.15) is 0 Å². The summed E-state index contributed by atoms with van der Waals surface area (Å²) in [5.74, 6) is 0.444. The van der Waals surface area contributed by atoms with Crippen molar-refractivity contribution in [3.63, 3.8) is 0 Å². The van der Waals surface area contributed by atoms with Gasteiger partial charge >= 0.3 is 0 Å². The number of thiophene rings is 1. The highest BCUT2D eigenvalue weighted by molar-refractivity contribution is 8.00. The quantitative estimate of drug-likeness (QED) is 0.201. The van der Waals surface area contributed by atoms with E-state index < -0.39 is 6.04 Å². The highest BCUT2D eigenvalue weighted by atomic mass is 32.2. The van der Waals surface area contributed by atoms with E-state index in [0.717, 1.165) is 53.2 Å². The van der Waals surface area contributed by atoms with E-state index in [1.165, 1.54) is 0 Å². The predicted octanol–water partition coefficient (Wildman–Crippen LogP) is 3.82. The van der Waals surface area contributed by atoms with E-state index in [1.54, 1.807) is 28.6 Å². The minimum Gasteiger partial charge on any atom is -0.330 e. The van der Waals surface area contributed by atoms with Gasteiger partial charge in [-0.25, -0.2) is 5.48 Å². The van der Waals surface area contributed by atoms with Crippen LogP contribution in [0.5, 0.6) is 0 Å². The maximum Gasteiger partial charge on any atom is 0.245 e. The molecule has 7 N–H and O–H groups in total. The van der Waals surface area contributed by atoms with Crippen LogP contribution in [0, 0.1) is 0 Å². The van der Waals surface area contributed by atoms with Gasteiger partial charge in [0.2, 0.25) is 11.8 Å². The number of thioether (sulfide) groups is 1. The molecule has 3 rings (SSSR count). The van der Waals surface area contributed by atoms with Gasteiger partial charge in [-0.05, 0) is 67.8 Å². The van der Waals surface area contributed by atoms with Crippen LogP contribution in [0.25, 0.3) is 10.4 Å². The predicted molar refractivity (Wildman–Crippen MR) is 132 cm³/mol. The van der Waals surface area contributed by atoms with Gasteiger partial charge in [0, 0.05) is 21.9 Å². The smallest absolute Gasteiger partial charge is 0.245 e. The third kappa shape index (κ3) is 6.32. The van der Waals surface area contributed by atoms with E-state index in [2.05, 4.69) is 17.4 Å². The topological polar surface area (TPSA) is 130 Å². The molecule has 0 radical (unpaired) electrons. The second-order valence-electron chi connectivity index (χ2n) is 8.14. The van der Waals surface area contributed by atoms with Gasteiger partial charge < -0.3 is 16.8 Å². The summed E-state index contributed by atoms with van der Waals surface area (Å²) < 4.78 is -0.309. The summed E-state index contributed by atoms with van der Waals surface area (Å²) in [6, 6.07) is 11.3. The average molecular weight is 477 g/mol. The Balaban J connectivity index is 1.74. The molecule has 0 bridgehead atoms. The van der Waals surface area contributed by atoms with E-state index in [-0.39, 0.29) is 23.0 Å². The zero-order valence-electron chi connectivity index (χ0n) is 18.1. The number of nitrogens with one attached hydrogen (secondary N) is 2. The molecule has 2 atom stereocenters. The number of hydrogen-bond donors (Lipinski definition) is 5. The molecule has 2 aromatic rings. The summed E-state index contributed by atoms with van der Waals surface area (Å²) in [4.78, 5) is 26.6. The number of nitrogens with two attached hydrogens (primary N) is 2. The van der Waals surface area contributed by atoms with Crippen LogP contribution in [-0.4, -0.2) is 35.4 Å². The van der Waals surface area contributed by atoms with E-state index >= 15 is 0 Å². The first-order valence-electron chi connectivity index (χ1n) is 11.0. The Morgan fingerprint density at radius 2 is 2.03 bits per heavy atom. The van der Waals surface area contributed by atoms with Crippen LogP contribution in [0.2, 0.25) is 0 Å². The van der Waals surface area contributed by atoms with Crippen molar-refractivity contribution in [2.75, 3.05) is 17.6 Å². The third-order valence-electron chi connectivity index (χ3n) is 5.70. The van der Waals surface area contributed by atoms with Crippen LogP contribution < -0.4 is 22.3 Å². The Kier molecular flexibility index (Phi) is 9.12. The summed E-state index contributed by atoms with van der Waals surface area (Å²) in [7, 11) is 0. The number of benzene rings is 1. The highest BCUT2D eigenvalue weighted by Crippen LogP contribution is 2.50. The number of rotatable bonds is 10. The molecule has 1 aliphatic heterocycles. The lowest BCUT2D eigenvalue weighted by Gasteiger charge is -2.35. The molecule has 2 heterocycles. The average Bonchev–Trinajstić information content (AvgIpc) is 3.31. The van der Waals surface area contributed by atoms with E-state index in [0.29, 0.717) is 18.7 Å². The molecule has 32 heavy (non-hydrogen) atoms. The Labute approximate surface area is 197 Å². The molecule has 1 saturated heterocycles. The van der Waals surface area contributed by atoms with Crippen molar-refractivity contribution in [2.45, 2.75) is 55.7 Å². The first-order valence-corrected chi connectivity index (χ1v) is 12.8. The Morgan fingerprint density at radius 1 is 1.19 bits per heavy atom. The van der Waals surface area contributed by atoms with Crippen LogP contribution in [0.15, 0.2) is 36.4 Å². The van der Waals surface area contributed by atoms with Gasteiger partial charge in [0.15, 0.2) is 0 Å². The van der Waals surface area contributed by atoms with Crippen LogP contribution in [0.1, 0.15) is 49.8 Å². The molecule has 1 aliphatic rings. The monoisotopic (exact) mass is 476 g/mol. The van der Waals surface area contributed by atoms with Crippen LogP contribution >= 0.6 is 23.1 Å². The number of carbonyl (C=O) groups excluding carboxylic acids is 2. The molecule has 0 saturated carbocycles. The molecule has 9 heteroatoms. The number of anilines is 1. The molecule has 174 valence electrons. The number of amides is 2. The standard InChI is InChI=1S/C23H32N4O3S2/c24-12-3-1-8-18(25)22(29)26-17-7-5-6-16(14-17)19-9-10-20(32-19)23(15-21(28)27-30)11-2-4-13-31-23/h5-7,9-10,14,18,30H,1-4,8,11-13,15,24-25H2,(H,26,29)(H,27,28)/t18-,23-/m0/s1. The highest BCUT2D eigenvalue weighted by Gasteiger charge is 2.38. The third-order valence-corrected chi connectivity index (χ3v) is 8.78. The SMILES string of the molecule is NCCCC[C@H](N)C(=O)Nc1cccc(-c2ccc([C@@]3(CC(=O)NO)CCCCS3)s2)c1. The maximum atomic E-state index is 12.4. The van der Waals surface area contributed by atoms with Gasteiger partial charge in [-0.1, -0.05) is 25.0 Å². The summed E-state index contributed by atoms with van der Waals surface area (Å²) in [5, 5.41) is 12.0. The van der Waals surface area contributed by atoms with Crippen molar-refractivity contribution in [3.8, 4) is 10.4 Å². The van der Waals surface area contributed by atoms with Gasteiger partial charge in [0.05, 0.1) is 10.8 Å². The summed E-state index contributed by atoms with van der Waals surface area (Å²) in [6.07, 6.45) is 5.66. The molecule has 1 fully saturated rings. The molecule has 7 nitrogen and oxygen atoms in total. The molecule has 1 aromatic carbocycles. The van der Waals surface area contributed by atoms with Crippen molar-refractivity contribution in [1.82, 2.24) is 5.48 Å². The second-order valence-corrected chi connectivity index (χ2v) is 10.7. The van der Waals surface area contributed by atoms with Crippen molar-refractivity contribution >= 4 is 40.6 Å². The molecule has 0 unspecified atom stereocenters. The first kappa shape index (κ1) is 24.7. The normalized spacial score (nSPS) is 19.3. The molecule has 2 amide bonds. The molecule has 0 spiro atoms. The van der Waals surface area contributed by atoms with Gasteiger partial charge in [0.1, 0.15) is 0 Å². The summed E-state index contributed by atoms with van der Waals surface area (Å²) >= 11 is 3.46. The molecular formula is C23H32N4O3S2. The van der Waals surface area contributed by atoms with Crippen molar-refractivity contribution < 1.29 is 14.8 Å². The van der Waals surface area contributed by atoms with Crippen LogP contribution in [0.4, 0.5) is 5.69 Å². The lowest BCUT2D eigenvalue weighted by Crippen LogP contribution is -2.35. The fraction of sp³-hybridized carbons (Fsp3) is 0.478. The van der Waals surface area contributed by atoms with Crippen LogP contribution in [-0.2, 0) is 14.3 Å². The maximum absolute atomic E-state index is 12.4. The fourth-order valence-corrected chi connectivity index (χ4v) is 6.82. The zero-order chi connectivity index (χ0) is 23.0. The lowest BCUT2D eigenvalue weighted by atomic mass is 9.94. The number of hydroxylamine groups is 1. The largest absolute Gasteiger partial charge is 0.330 e. The summed E-state index contributed by atoms with van der Waals surface area (Å²) in [6.45, 7) is 0.601. The minimum atomic E-state index is -0.556. The number of hydrogen-bond acceptors (Lipinski definition) is 7. The van der Waals surface area contributed by atoms with E-state index in [1.807, 2.05) is 24.3 Å². The number of carbonyl (C=O) groups is 2. The van der Waals surface area contributed by atoms with E-state index in [9.17, 15) is 9.59 Å². The van der Waals surface area contributed by atoms with Crippen LogP contribution in [0.3, 0.4) is 0 Å². The minimum absolute atomic E-state index is 0.196. The molecule has 0 aliphatic carbocycles. The van der Waals surface area contributed by atoms with Gasteiger partial charge in [0.25, 0.3) is 0 Å².